The van der Waals surface area contributed by atoms with Gasteiger partial charge in [-0.3, -0.25) is 31.0 Å². The first kappa shape index (κ1) is 38.8. The van der Waals surface area contributed by atoms with Gasteiger partial charge in [-0.05, 0) is 73.0 Å². The van der Waals surface area contributed by atoms with Crippen LogP contribution in [0.3, 0.4) is 0 Å². The Morgan fingerprint density at radius 2 is 0.976 bits per heavy atom. The summed E-state index contributed by atoms with van der Waals surface area (Å²) in [5.41, 5.74) is 8.64. The van der Waals surface area contributed by atoms with Gasteiger partial charge in [-0.25, -0.2) is 0 Å². The average molecular weight is 614 g/mol. The van der Waals surface area contributed by atoms with E-state index in [2.05, 4.69) is 52.5 Å². The summed E-state index contributed by atoms with van der Waals surface area (Å²) >= 11 is 0. The predicted octanol–water partition coefficient (Wildman–Crippen LogP) is 8.60. The molecule has 0 unspecified atom stereocenters. The normalized spacial score (nSPS) is 17.6. The number of hydrogen-bond donors (Lipinski definition) is 4. The van der Waals surface area contributed by atoms with Crippen LogP contribution in [0.25, 0.3) is 0 Å². The number of carbonyl (C=O) groups excluding carboxylic acids is 2. The molecule has 1 radical (unpaired) electrons. The number of unbranched alkanes of at least 4 members (excludes halogenated alkanes) is 6. The van der Waals surface area contributed by atoms with E-state index < -0.39 is 0 Å². The average Bonchev–Trinajstić information content (AvgIpc) is 2.93. The van der Waals surface area contributed by atoms with Gasteiger partial charge in [0.05, 0.1) is 0 Å². The van der Waals surface area contributed by atoms with Gasteiger partial charge in [0.15, 0.2) is 11.6 Å². The van der Waals surface area contributed by atoms with Crippen molar-refractivity contribution in [2.75, 3.05) is 0 Å². The molecule has 0 atom stereocenters. The maximum atomic E-state index is 11.8. The van der Waals surface area contributed by atoms with Crippen LogP contribution in [0, 0.1) is 10.8 Å². The number of hydroxylamine groups is 2. The van der Waals surface area contributed by atoms with Crippen molar-refractivity contribution in [1.82, 2.24) is 11.0 Å². The zero-order valence-corrected chi connectivity index (χ0v) is 27.6. The summed E-state index contributed by atoms with van der Waals surface area (Å²) in [6.45, 7) is 16.7. The second-order valence-corrected chi connectivity index (χ2v) is 12.3. The van der Waals surface area contributed by atoms with Crippen molar-refractivity contribution in [1.29, 1.82) is 0 Å². The Morgan fingerprint density at radius 1 is 0.634 bits per heavy atom. The van der Waals surface area contributed by atoms with Crippen LogP contribution < -0.4 is 11.0 Å². The number of hydrogen-bond acceptors (Lipinski definition) is 6. The van der Waals surface area contributed by atoms with E-state index in [1.54, 1.807) is 26.0 Å². The minimum absolute atomic E-state index is 0. The Balaban J connectivity index is 0.000000762. The zero-order chi connectivity index (χ0) is 30.3. The Morgan fingerprint density at radius 3 is 1.27 bits per heavy atom. The Bertz CT molecular complexity index is 975. The van der Waals surface area contributed by atoms with E-state index >= 15 is 0 Å². The van der Waals surface area contributed by atoms with E-state index in [-0.39, 0.29) is 39.2 Å². The molecule has 0 spiro atoms. The molecule has 0 aromatic rings. The third-order valence-electron chi connectivity index (χ3n) is 7.98. The van der Waals surface area contributed by atoms with Gasteiger partial charge in [0.2, 0.25) is 0 Å². The fourth-order valence-electron chi connectivity index (χ4n) is 4.88. The van der Waals surface area contributed by atoms with E-state index in [4.69, 9.17) is 10.4 Å². The van der Waals surface area contributed by atoms with Gasteiger partial charge in [-0.15, -0.1) is 0 Å². The van der Waals surface area contributed by atoms with Crippen LogP contribution >= 0.6 is 0 Å². The molecule has 2 aliphatic carbocycles. The van der Waals surface area contributed by atoms with Gasteiger partial charge in [0, 0.05) is 39.3 Å². The van der Waals surface area contributed by atoms with E-state index in [0.717, 1.165) is 24.0 Å². The summed E-state index contributed by atoms with van der Waals surface area (Å²) in [6, 6.07) is 0. The van der Waals surface area contributed by atoms with Crippen LogP contribution in [0.15, 0.2) is 70.1 Å². The Labute approximate surface area is 259 Å². The fraction of sp³-hybridized carbons (Fsp3) is 0.588. The molecule has 0 aromatic carbocycles. The maximum absolute atomic E-state index is 11.8. The van der Waals surface area contributed by atoms with Gasteiger partial charge in [-0.2, -0.15) is 0 Å². The molecule has 0 aromatic heterocycles. The molecule has 2 aliphatic rings. The molecule has 41 heavy (non-hydrogen) atoms. The van der Waals surface area contributed by atoms with Gasteiger partial charge in [0.1, 0.15) is 0 Å². The molecule has 4 N–H and O–H groups in total. The Kier molecular flexibility index (Phi) is 18.1. The van der Waals surface area contributed by atoms with Crippen molar-refractivity contribution < 1.29 is 36.8 Å². The molecule has 6 nitrogen and oxygen atoms in total. The minimum Gasteiger partial charge on any atom is -0.291 e. The molecule has 0 bridgehead atoms. The number of rotatable bonds is 14. The van der Waals surface area contributed by atoms with Crippen molar-refractivity contribution in [3.05, 3.63) is 70.1 Å². The van der Waals surface area contributed by atoms with Crippen LogP contribution in [-0.4, -0.2) is 22.0 Å². The molecule has 0 amide bonds. The second-order valence-electron chi connectivity index (χ2n) is 12.3. The van der Waals surface area contributed by atoms with Crippen molar-refractivity contribution >= 4 is 11.6 Å². The standard InChI is InChI=1S/2C17H27NO2.Co/c2*1-5-6-7-8-11-17(3,4)14-9-10-16(19)15(12-14)13(2)18-20;/h2*9-10,12,18,20H,5-8,11H2,1-4H3;/b2*15-13+;. The van der Waals surface area contributed by atoms with Crippen molar-refractivity contribution in [3.8, 4) is 0 Å². The number of carbonyl (C=O) groups is 2. The first-order chi connectivity index (χ1) is 18.8. The van der Waals surface area contributed by atoms with Crippen molar-refractivity contribution in [2.45, 2.75) is 120 Å². The van der Waals surface area contributed by atoms with Crippen molar-refractivity contribution in [3.63, 3.8) is 0 Å². The van der Waals surface area contributed by atoms with Crippen molar-refractivity contribution in [2.24, 2.45) is 10.8 Å². The van der Waals surface area contributed by atoms with Gasteiger partial charge < -0.3 is 0 Å². The van der Waals surface area contributed by atoms with Crippen LogP contribution in [0.2, 0.25) is 0 Å². The number of nitrogens with one attached hydrogen (secondary N) is 2. The largest absolute Gasteiger partial charge is 0.291 e. The van der Waals surface area contributed by atoms with Gasteiger partial charge in [-0.1, -0.05) is 105 Å². The fourth-order valence-corrected chi connectivity index (χ4v) is 4.88. The Hall–Kier alpha value is -2.19. The minimum atomic E-state index is -0.0606. The third-order valence-corrected chi connectivity index (χ3v) is 7.98. The summed E-state index contributed by atoms with van der Waals surface area (Å²) in [5.74, 6) is -0.121. The first-order valence-corrected chi connectivity index (χ1v) is 15.0. The molecule has 0 fully saturated rings. The summed E-state index contributed by atoms with van der Waals surface area (Å²) in [6.07, 6.45) is 23.0. The topological polar surface area (TPSA) is 98.7 Å². The number of ketones is 2. The smallest absolute Gasteiger partial charge is 0.187 e. The van der Waals surface area contributed by atoms with Crippen LogP contribution in [0.4, 0.5) is 0 Å². The summed E-state index contributed by atoms with van der Waals surface area (Å²) in [7, 11) is 0. The van der Waals surface area contributed by atoms with Crippen LogP contribution in [-0.2, 0) is 26.4 Å². The third kappa shape index (κ3) is 12.7. The molecular formula is C34H54CoN2O4. The van der Waals surface area contributed by atoms with E-state index in [1.165, 1.54) is 51.4 Å². The van der Waals surface area contributed by atoms with E-state index in [1.807, 2.05) is 24.3 Å². The molecule has 0 saturated heterocycles. The predicted molar refractivity (Wildman–Crippen MR) is 165 cm³/mol. The summed E-state index contributed by atoms with van der Waals surface area (Å²) in [4.78, 5) is 23.7. The maximum Gasteiger partial charge on any atom is 0.187 e. The summed E-state index contributed by atoms with van der Waals surface area (Å²) < 4.78 is 0. The van der Waals surface area contributed by atoms with E-state index in [0.29, 0.717) is 22.5 Å². The SMILES string of the molecule is CCCCCCC(C)(C)C1=C/C(=C(/C)NO)C(=O)C=C1.CCCCCCC(C)(C)C1=C/C(=C(/C)NO)C(=O)C=C1.[Co]. The first-order valence-electron chi connectivity index (χ1n) is 15.0. The van der Waals surface area contributed by atoms with Crippen LogP contribution in [0.1, 0.15) is 120 Å². The molecule has 0 saturated carbocycles. The molecular weight excluding hydrogens is 559 g/mol. The molecule has 0 heterocycles. The van der Waals surface area contributed by atoms with Crippen LogP contribution in [0.5, 0.6) is 0 Å². The second kappa shape index (κ2) is 19.1. The quantitative estimate of drug-likeness (QED) is 0.0890. The van der Waals surface area contributed by atoms with Gasteiger partial charge in [0.25, 0.3) is 0 Å². The molecule has 233 valence electrons. The molecule has 2 rings (SSSR count). The molecule has 0 aliphatic heterocycles. The monoisotopic (exact) mass is 613 g/mol. The van der Waals surface area contributed by atoms with E-state index in [9.17, 15) is 9.59 Å². The zero-order valence-electron chi connectivity index (χ0n) is 26.6. The van der Waals surface area contributed by atoms with Gasteiger partial charge >= 0.3 is 0 Å². The number of allylic oxidation sites excluding steroid dienone is 12. The summed E-state index contributed by atoms with van der Waals surface area (Å²) in [5, 5.41) is 18.0. The molecule has 7 heteroatoms.